The van der Waals surface area contributed by atoms with Crippen LogP contribution in [-0.2, 0) is 20.4 Å². The smallest absolute Gasteiger partial charge is 0.325 e. The van der Waals surface area contributed by atoms with Crippen molar-refractivity contribution in [1.82, 2.24) is 19.2 Å². The van der Waals surface area contributed by atoms with Crippen molar-refractivity contribution >= 4 is 32.3 Å². The summed E-state index contributed by atoms with van der Waals surface area (Å²) in [5.74, 6) is 0.435. The zero-order valence-corrected chi connectivity index (χ0v) is 22.8. The molecular formula is C23H32N6O7S2. The van der Waals surface area contributed by atoms with Crippen LogP contribution in [0.15, 0.2) is 28.7 Å². The largest absolute Gasteiger partial charge is 0.393 e. The molecule has 0 radical (unpaired) electrons. The van der Waals surface area contributed by atoms with Gasteiger partial charge in [0.05, 0.1) is 35.9 Å². The number of fused-ring (bicyclic) bond motifs is 2. The maximum Gasteiger partial charge on any atom is 0.325 e. The van der Waals surface area contributed by atoms with Gasteiger partial charge in [-0.3, -0.25) is 15.0 Å². The van der Waals surface area contributed by atoms with E-state index in [0.717, 1.165) is 0 Å². The fraction of sp³-hybridized carbons (Fsp3) is 0.652. The van der Waals surface area contributed by atoms with Gasteiger partial charge in [0.25, 0.3) is 10.0 Å². The van der Waals surface area contributed by atoms with Crippen molar-refractivity contribution in [2.24, 2.45) is 0 Å². The number of sulfonamides is 1. The van der Waals surface area contributed by atoms with Gasteiger partial charge < -0.3 is 19.8 Å². The monoisotopic (exact) mass is 568 g/mol. The summed E-state index contributed by atoms with van der Waals surface area (Å²) in [6.45, 7) is 5.44. The van der Waals surface area contributed by atoms with Gasteiger partial charge in [-0.2, -0.15) is 4.31 Å². The SMILES string of the molecule is CC(C)(O)c1cnc(N2CCN(S(=O)(=O)c3ccc([N+](=O)[O-])s3)C[C@@H]2CN2[C@@H]3COC[C@H]2CC(O)C3)nc1. The minimum absolute atomic E-state index is 0.0183. The minimum Gasteiger partial charge on any atom is -0.393 e. The Morgan fingerprint density at radius 3 is 2.42 bits per heavy atom. The van der Waals surface area contributed by atoms with Gasteiger partial charge >= 0.3 is 5.00 Å². The van der Waals surface area contributed by atoms with E-state index >= 15 is 0 Å². The molecule has 2 bridgehead atoms. The van der Waals surface area contributed by atoms with Gasteiger partial charge in [-0.15, -0.1) is 0 Å². The number of hydrogen-bond acceptors (Lipinski definition) is 12. The highest BCUT2D eigenvalue weighted by Crippen LogP contribution is 2.33. The van der Waals surface area contributed by atoms with Crippen LogP contribution >= 0.6 is 11.3 Å². The first kappa shape index (κ1) is 27.3. The number of aliphatic hydroxyl groups is 2. The number of anilines is 1. The molecule has 15 heteroatoms. The number of aliphatic hydroxyl groups excluding tert-OH is 1. The average molecular weight is 569 g/mol. The second-order valence-electron chi connectivity index (χ2n) is 10.6. The topological polar surface area (TPSA) is 162 Å². The number of thiophene rings is 1. The van der Waals surface area contributed by atoms with Crippen LogP contribution in [-0.4, -0.2) is 106 Å². The van der Waals surface area contributed by atoms with E-state index in [4.69, 9.17) is 4.74 Å². The van der Waals surface area contributed by atoms with E-state index in [-0.39, 0.29) is 40.4 Å². The summed E-state index contributed by atoms with van der Waals surface area (Å²) in [4.78, 5) is 23.8. The molecule has 3 aliphatic rings. The lowest BCUT2D eigenvalue weighted by atomic mass is 9.91. The fourth-order valence-corrected chi connectivity index (χ4v) is 8.16. The second-order valence-corrected chi connectivity index (χ2v) is 13.8. The van der Waals surface area contributed by atoms with E-state index in [1.54, 1.807) is 26.2 Å². The van der Waals surface area contributed by atoms with E-state index in [1.807, 2.05) is 4.90 Å². The molecule has 3 aliphatic heterocycles. The van der Waals surface area contributed by atoms with Crippen LogP contribution in [0.1, 0.15) is 32.3 Å². The molecule has 3 fully saturated rings. The van der Waals surface area contributed by atoms with Gasteiger partial charge in [0.1, 0.15) is 4.21 Å². The molecule has 0 amide bonds. The summed E-state index contributed by atoms with van der Waals surface area (Å²) in [7, 11) is -3.94. The van der Waals surface area contributed by atoms with Crippen LogP contribution < -0.4 is 4.90 Å². The fourth-order valence-electron chi connectivity index (χ4n) is 5.43. The quantitative estimate of drug-likeness (QED) is 0.358. The number of piperazine rings is 1. The van der Waals surface area contributed by atoms with Crippen molar-refractivity contribution in [3.8, 4) is 0 Å². The molecule has 0 spiro atoms. The molecule has 5 heterocycles. The predicted molar refractivity (Wildman–Crippen MR) is 138 cm³/mol. The first-order chi connectivity index (χ1) is 17.9. The van der Waals surface area contributed by atoms with Gasteiger partial charge in [0, 0.05) is 62.3 Å². The maximum absolute atomic E-state index is 13.5. The van der Waals surface area contributed by atoms with Crippen molar-refractivity contribution in [3.05, 3.63) is 40.2 Å². The molecule has 4 atom stereocenters. The summed E-state index contributed by atoms with van der Waals surface area (Å²) in [5.41, 5.74) is -0.532. The number of aromatic nitrogens is 2. The molecule has 13 nitrogen and oxygen atoms in total. The number of morpholine rings is 1. The van der Waals surface area contributed by atoms with Crippen molar-refractivity contribution in [2.75, 3.05) is 44.3 Å². The third kappa shape index (κ3) is 5.41. The van der Waals surface area contributed by atoms with Gasteiger partial charge in [-0.05, 0) is 44.1 Å². The second kappa shape index (κ2) is 10.4. The molecule has 2 N–H and O–H groups in total. The highest BCUT2D eigenvalue weighted by molar-refractivity contribution is 7.91. The average Bonchev–Trinajstić information content (AvgIpc) is 3.36. The summed E-state index contributed by atoms with van der Waals surface area (Å²) < 4.78 is 34.0. The van der Waals surface area contributed by atoms with Crippen LogP contribution in [0.5, 0.6) is 0 Å². The third-order valence-electron chi connectivity index (χ3n) is 7.46. The molecule has 5 rings (SSSR count). The Labute approximate surface area is 224 Å². The van der Waals surface area contributed by atoms with E-state index < -0.39 is 26.7 Å². The van der Waals surface area contributed by atoms with Gasteiger partial charge in [0.2, 0.25) is 5.95 Å². The molecule has 2 aromatic rings. The van der Waals surface area contributed by atoms with Crippen LogP contribution in [0.4, 0.5) is 10.9 Å². The lowest BCUT2D eigenvalue weighted by molar-refractivity contribution is -0.380. The van der Waals surface area contributed by atoms with Crippen LogP contribution in [0, 0.1) is 10.1 Å². The lowest BCUT2D eigenvalue weighted by Gasteiger charge is -2.50. The molecule has 208 valence electrons. The maximum atomic E-state index is 13.5. The van der Waals surface area contributed by atoms with Crippen molar-refractivity contribution < 1.29 is 28.3 Å². The molecule has 0 aromatic carbocycles. The molecular weight excluding hydrogens is 536 g/mol. The molecule has 3 saturated heterocycles. The Hall–Kier alpha value is -2.27. The zero-order valence-electron chi connectivity index (χ0n) is 21.2. The summed E-state index contributed by atoms with van der Waals surface area (Å²) >= 11 is 0.648. The first-order valence-electron chi connectivity index (χ1n) is 12.5. The molecule has 0 aliphatic carbocycles. The minimum atomic E-state index is -3.94. The molecule has 0 saturated carbocycles. The van der Waals surface area contributed by atoms with Gasteiger partial charge in [0.15, 0.2) is 0 Å². The molecule has 2 aromatic heterocycles. The molecule has 38 heavy (non-hydrogen) atoms. The highest BCUT2D eigenvalue weighted by atomic mass is 32.2. The Bertz CT molecular complexity index is 1250. The zero-order chi connectivity index (χ0) is 27.2. The van der Waals surface area contributed by atoms with E-state index in [0.29, 0.717) is 62.0 Å². The van der Waals surface area contributed by atoms with E-state index in [1.165, 1.54) is 16.4 Å². The summed E-state index contributed by atoms with van der Waals surface area (Å²) in [5, 5.41) is 31.5. The summed E-state index contributed by atoms with van der Waals surface area (Å²) in [6, 6.07) is 2.21. The van der Waals surface area contributed by atoms with Crippen LogP contribution in [0.2, 0.25) is 0 Å². The Kier molecular flexibility index (Phi) is 7.45. The van der Waals surface area contributed by atoms with E-state index in [2.05, 4.69) is 14.9 Å². The van der Waals surface area contributed by atoms with Crippen LogP contribution in [0.25, 0.3) is 0 Å². The van der Waals surface area contributed by atoms with Crippen LogP contribution in [0.3, 0.4) is 0 Å². The van der Waals surface area contributed by atoms with Crippen molar-refractivity contribution in [1.29, 1.82) is 0 Å². The van der Waals surface area contributed by atoms with Gasteiger partial charge in [-0.25, -0.2) is 18.4 Å². The molecule has 1 unspecified atom stereocenters. The number of nitro groups is 1. The Morgan fingerprint density at radius 1 is 1.18 bits per heavy atom. The first-order valence-corrected chi connectivity index (χ1v) is 14.8. The van der Waals surface area contributed by atoms with E-state index in [9.17, 15) is 28.7 Å². The van der Waals surface area contributed by atoms with Gasteiger partial charge in [-0.1, -0.05) is 0 Å². The van der Waals surface area contributed by atoms with Crippen molar-refractivity contribution in [3.63, 3.8) is 0 Å². The number of piperidine rings is 1. The Balaban J connectivity index is 1.43. The lowest BCUT2D eigenvalue weighted by Crippen LogP contribution is -2.64. The standard InChI is InChI=1S/C23H32N6O7S2/c1-23(2,31)15-9-24-22(25-10-15)27-6-5-26(38(34,35)21-4-3-20(37-21)29(32)33)11-18(27)12-28-16-7-19(30)8-17(28)14-36-13-16/h3-4,9-10,16-19,30-31H,5-8,11-14H2,1-2H3/t16-,17+,18-,19?/m1/s1. The normalized spacial score (nSPS) is 27.4. The third-order valence-corrected chi connectivity index (χ3v) is 10.8. The predicted octanol–water partition coefficient (Wildman–Crippen LogP) is 0.777. The number of rotatable bonds is 7. The highest BCUT2D eigenvalue weighted by Gasteiger charge is 2.43. The Morgan fingerprint density at radius 2 is 1.84 bits per heavy atom. The number of hydrogen-bond donors (Lipinski definition) is 2. The van der Waals surface area contributed by atoms with Crippen molar-refractivity contribution in [2.45, 2.75) is 60.7 Å². The number of nitrogens with zero attached hydrogens (tertiary/aromatic N) is 6. The number of ether oxygens (including phenoxy) is 1. The summed E-state index contributed by atoms with van der Waals surface area (Å²) in [6.07, 6.45) is 3.93.